The van der Waals surface area contributed by atoms with Crippen LogP contribution in [0.25, 0.3) is 10.8 Å². The van der Waals surface area contributed by atoms with Crippen LogP contribution in [0.1, 0.15) is 23.3 Å². The Hall–Kier alpha value is -1.38. The van der Waals surface area contributed by atoms with Crippen molar-refractivity contribution in [2.24, 2.45) is 0 Å². The predicted octanol–water partition coefficient (Wildman–Crippen LogP) is 1.92. The summed E-state index contributed by atoms with van der Waals surface area (Å²) >= 11 is 0. The molecule has 1 aliphatic carbocycles. The van der Waals surface area contributed by atoms with E-state index in [-0.39, 0.29) is 0 Å². The molecule has 2 atom stereocenters. The van der Waals surface area contributed by atoms with Gasteiger partial charge in [0.15, 0.2) is 0 Å². The lowest BCUT2D eigenvalue weighted by molar-refractivity contribution is 0.0253. The molecule has 0 saturated carbocycles. The van der Waals surface area contributed by atoms with Gasteiger partial charge in [0.2, 0.25) is 0 Å². The van der Waals surface area contributed by atoms with Crippen LogP contribution < -0.4 is 0 Å². The Morgan fingerprint density at radius 1 is 0.786 bits per heavy atom. The summed E-state index contributed by atoms with van der Waals surface area (Å²) in [6, 6.07) is 11.5. The molecule has 0 radical (unpaired) electrons. The fraction of sp³-hybridized carbons (Fsp3) is 0.167. The molecule has 2 aromatic rings. The topological polar surface area (TPSA) is 40.5 Å². The van der Waals surface area contributed by atoms with Crippen molar-refractivity contribution in [1.82, 2.24) is 0 Å². The molecule has 2 nitrogen and oxygen atoms in total. The number of rotatable bonds is 0. The Kier molecular flexibility index (Phi) is 1.46. The van der Waals surface area contributed by atoms with Gasteiger partial charge >= 0.3 is 0 Å². The molecule has 70 valence electrons. The first-order valence-electron chi connectivity index (χ1n) is 4.67. The van der Waals surface area contributed by atoms with Crippen molar-refractivity contribution in [2.45, 2.75) is 12.2 Å². The summed E-state index contributed by atoms with van der Waals surface area (Å²) in [5, 5.41) is 21.7. The SMILES string of the molecule is OC1c2cccc3cccc(c23)C1O. The van der Waals surface area contributed by atoms with Gasteiger partial charge in [0.1, 0.15) is 12.2 Å². The van der Waals surface area contributed by atoms with E-state index in [1.807, 2.05) is 36.4 Å². The van der Waals surface area contributed by atoms with Crippen LogP contribution in [0.4, 0.5) is 0 Å². The number of aliphatic hydroxyl groups excluding tert-OH is 2. The van der Waals surface area contributed by atoms with Crippen molar-refractivity contribution in [1.29, 1.82) is 0 Å². The minimum Gasteiger partial charge on any atom is -0.385 e. The van der Waals surface area contributed by atoms with E-state index in [9.17, 15) is 10.2 Å². The molecular weight excluding hydrogens is 176 g/mol. The highest BCUT2D eigenvalue weighted by atomic mass is 16.3. The van der Waals surface area contributed by atoms with Gasteiger partial charge in [-0.2, -0.15) is 0 Å². The monoisotopic (exact) mass is 186 g/mol. The molecule has 1 aliphatic rings. The average molecular weight is 186 g/mol. The molecule has 2 N–H and O–H groups in total. The third-order valence-electron chi connectivity index (χ3n) is 2.91. The number of aliphatic hydroxyl groups is 2. The lowest BCUT2D eigenvalue weighted by Crippen LogP contribution is -2.02. The van der Waals surface area contributed by atoms with Crippen LogP contribution in [0.15, 0.2) is 36.4 Å². The van der Waals surface area contributed by atoms with Crippen LogP contribution in [0.2, 0.25) is 0 Å². The zero-order valence-corrected chi connectivity index (χ0v) is 7.51. The summed E-state index contributed by atoms with van der Waals surface area (Å²) < 4.78 is 0. The Bertz CT molecular complexity index is 462. The van der Waals surface area contributed by atoms with Gasteiger partial charge in [-0.1, -0.05) is 36.4 Å². The van der Waals surface area contributed by atoms with Crippen molar-refractivity contribution in [3.8, 4) is 0 Å². The molecule has 2 aromatic carbocycles. The van der Waals surface area contributed by atoms with E-state index in [0.29, 0.717) is 0 Å². The van der Waals surface area contributed by atoms with E-state index in [2.05, 4.69) is 0 Å². The minimum atomic E-state index is -0.768. The standard InChI is InChI=1S/C12H10O2/c13-11-8-5-1-3-7-4-2-6-9(10(7)8)12(11)14/h1-6,11-14H. The van der Waals surface area contributed by atoms with Crippen molar-refractivity contribution < 1.29 is 10.2 Å². The highest BCUT2D eigenvalue weighted by Crippen LogP contribution is 2.43. The molecule has 2 unspecified atom stereocenters. The lowest BCUT2D eigenvalue weighted by atomic mass is 10.1. The van der Waals surface area contributed by atoms with Crippen LogP contribution in [-0.4, -0.2) is 10.2 Å². The second-order valence-corrected chi connectivity index (χ2v) is 3.68. The smallest absolute Gasteiger partial charge is 0.110 e. The fourth-order valence-electron chi connectivity index (χ4n) is 2.23. The van der Waals surface area contributed by atoms with Gasteiger partial charge in [-0.15, -0.1) is 0 Å². The summed E-state index contributed by atoms with van der Waals surface area (Å²) in [5.74, 6) is 0. The second kappa shape index (κ2) is 2.56. The molecule has 0 aliphatic heterocycles. The third kappa shape index (κ3) is 0.820. The maximum Gasteiger partial charge on any atom is 0.110 e. The second-order valence-electron chi connectivity index (χ2n) is 3.68. The number of hydrogen-bond acceptors (Lipinski definition) is 2. The molecule has 0 bridgehead atoms. The Labute approximate surface area is 81.4 Å². The van der Waals surface area contributed by atoms with Gasteiger partial charge < -0.3 is 10.2 Å². The van der Waals surface area contributed by atoms with E-state index in [1.165, 1.54) is 0 Å². The van der Waals surface area contributed by atoms with Crippen molar-refractivity contribution in [3.05, 3.63) is 47.5 Å². The molecule has 0 aromatic heterocycles. The Morgan fingerprint density at radius 2 is 1.29 bits per heavy atom. The maximum absolute atomic E-state index is 9.78. The first kappa shape index (κ1) is 7.97. The summed E-state index contributed by atoms with van der Waals surface area (Å²) in [7, 11) is 0. The van der Waals surface area contributed by atoms with E-state index in [1.54, 1.807) is 0 Å². The van der Waals surface area contributed by atoms with Gasteiger partial charge in [-0.3, -0.25) is 0 Å². The Morgan fingerprint density at radius 3 is 1.79 bits per heavy atom. The van der Waals surface area contributed by atoms with Crippen molar-refractivity contribution in [3.63, 3.8) is 0 Å². The van der Waals surface area contributed by atoms with E-state index < -0.39 is 12.2 Å². The predicted molar refractivity (Wildman–Crippen MR) is 53.9 cm³/mol. The molecule has 0 spiro atoms. The molecule has 3 rings (SSSR count). The van der Waals surface area contributed by atoms with Crippen LogP contribution >= 0.6 is 0 Å². The van der Waals surface area contributed by atoms with E-state index >= 15 is 0 Å². The van der Waals surface area contributed by atoms with E-state index in [4.69, 9.17) is 0 Å². The van der Waals surface area contributed by atoms with E-state index in [0.717, 1.165) is 21.9 Å². The maximum atomic E-state index is 9.78. The fourth-order valence-corrected chi connectivity index (χ4v) is 2.23. The number of benzene rings is 2. The normalized spacial score (nSPS) is 24.4. The largest absolute Gasteiger partial charge is 0.385 e. The summed E-state index contributed by atoms with van der Waals surface area (Å²) in [6.07, 6.45) is -1.54. The molecule has 0 amide bonds. The molecule has 2 heteroatoms. The third-order valence-corrected chi connectivity index (χ3v) is 2.91. The van der Waals surface area contributed by atoms with Gasteiger partial charge in [0, 0.05) is 0 Å². The van der Waals surface area contributed by atoms with Crippen molar-refractivity contribution in [2.75, 3.05) is 0 Å². The molecular formula is C12H10O2. The molecule has 0 saturated heterocycles. The summed E-state index contributed by atoms with van der Waals surface area (Å²) in [5.41, 5.74) is 1.68. The van der Waals surface area contributed by atoms with Crippen LogP contribution in [0.3, 0.4) is 0 Å². The number of hydrogen-bond donors (Lipinski definition) is 2. The average Bonchev–Trinajstić information content (AvgIpc) is 2.47. The van der Waals surface area contributed by atoms with Crippen LogP contribution in [0.5, 0.6) is 0 Å². The van der Waals surface area contributed by atoms with Gasteiger partial charge in [0.25, 0.3) is 0 Å². The minimum absolute atomic E-state index is 0.767. The molecule has 0 heterocycles. The summed E-state index contributed by atoms with van der Waals surface area (Å²) in [6.45, 7) is 0. The van der Waals surface area contributed by atoms with Crippen LogP contribution in [-0.2, 0) is 0 Å². The van der Waals surface area contributed by atoms with Crippen molar-refractivity contribution >= 4 is 10.8 Å². The first-order valence-corrected chi connectivity index (χ1v) is 4.67. The highest BCUT2D eigenvalue weighted by Gasteiger charge is 2.30. The zero-order chi connectivity index (χ0) is 9.71. The highest BCUT2D eigenvalue weighted by molar-refractivity contribution is 5.91. The zero-order valence-electron chi connectivity index (χ0n) is 7.51. The lowest BCUT2D eigenvalue weighted by Gasteiger charge is -2.08. The quantitative estimate of drug-likeness (QED) is 0.660. The van der Waals surface area contributed by atoms with Gasteiger partial charge in [0.05, 0.1) is 0 Å². The Balaban J connectivity index is 2.49. The van der Waals surface area contributed by atoms with Gasteiger partial charge in [-0.25, -0.2) is 0 Å². The van der Waals surface area contributed by atoms with Crippen LogP contribution in [0, 0.1) is 0 Å². The van der Waals surface area contributed by atoms with Gasteiger partial charge in [-0.05, 0) is 21.9 Å². The molecule has 14 heavy (non-hydrogen) atoms. The summed E-state index contributed by atoms with van der Waals surface area (Å²) in [4.78, 5) is 0. The molecule has 0 fully saturated rings. The first-order chi connectivity index (χ1) is 6.79.